The van der Waals surface area contributed by atoms with Gasteiger partial charge in [0.1, 0.15) is 17.5 Å². The minimum atomic E-state index is -4.79. The number of rotatable bonds is 10. The number of nitrogens with one attached hydrogen (secondary N) is 2. The molecule has 13 nitrogen and oxygen atoms in total. The molecule has 1 aliphatic rings. The fourth-order valence-corrected chi connectivity index (χ4v) is 3.73. The van der Waals surface area contributed by atoms with Crippen molar-refractivity contribution in [3.63, 3.8) is 0 Å². The first-order valence-corrected chi connectivity index (χ1v) is 20.5. The fourth-order valence-electron chi connectivity index (χ4n) is 3.73. The number of aldehydes is 1. The summed E-state index contributed by atoms with van der Waals surface area (Å²) in [5.41, 5.74) is 8.81. The molecule has 376 valence electrons. The molecule has 7 atom stereocenters. The van der Waals surface area contributed by atoms with Crippen LogP contribution in [0.5, 0.6) is 0 Å². The SMILES string of the molecule is C1CCOC1.CC(C)[C@@H](C=O)NC(=O)OC(C)(C)C.CC(C)[C@H](N)C(O)C(F)(F)F.CC(C)[C@H](N)C(O)C(F)(F)F.CC(C)[C@H](NC(=O)OC(C)(C)C)C(O)C(F)(F)F.ClCCl. The van der Waals surface area contributed by atoms with Crippen LogP contribution < -0.4 is 22.1 Å². The summed E-state index contributed by atoms with van der Waals surface area (Å²) in [6.45, 7) is 24.9. The molecule has 0 aromatic heterocycles. The highest BCUT2D eigenvalue weighted by molar-refractivity contribution is 6.40. The lowest BCUT2D eigenvalue weighted by atomic mass is 9.98. The molecule has 1 fully saturated rings. The second-order valence-corrected chi connectivity index (χ2v) is 17.8. The number of aliphatic hydroxyl groups is 3. The van der Waals surface area contributed by atoms with Gasteiger partial charge in [-0.15, -0.1) is 23.2 Å². The second kappa shape index (κ2) is 32.6. The van der Waals surface area contributed by atoms with Gasteiger partial charge in [0.05, 0.1) is 17.4 Å². The van der Waals surface area contributed by atoms with Gasteiger partial charge < -0.3 is 56.4 Å². The van der Waals surface area contributed by atoms with E-state index in [1.54, 1.807) is 41.5 Å². The normalized spacial score (nSPS) is 16.6. The molecule has 3 unspecified atom stereocenters. The Morgan fingerprint density at radius 2 is 0.903 bits per heavy atom. The van der Waals surface area contributed by atoms with Gasteiger partial charge in [-0.25, -0.2) is 9.59 Å². The Balaban J connectivity index is -0.000000222. The Kier molecular flexibility index (Phi) is 36.2. The average Bonchev–Trinajstić information content (AvgIpc) is 3.67. The summed E-state index contributed by atoms with van der Waals surface area (Å²) < 4.78 is 122. The van der Waals surface area contributed by atoms with E-state index in [2.05, 4.69) is 5.32 Å². The van der Waals surface area contributed by atoms with Gasteiger partial charge in [-0.3, -0.25) is 0 Å². The fraction of sp³-hybridized carbons (Fsp3) is 0.921. The van der Waals surface area contributed by atoms with E-state index in [9.17, 15) is 53.9 Å². The molecule has 1 aliphatic heterocycles. The van der Waals surface area contributed by atoms with E-state index in [-0.39, 0.29) is 23.1 Å². The summed E-state index contributed by atoms with van der Waals surface area (Å²) in [6, 6.07) is -4.41. The second-order valence-electron chi connectivity index (χ2n) is 17.0. The summed E-state index contributed by atoms with van der Waals surface area (Å²) >= 11 is 9.53. The maximum absolute atomic E-state index is 12.4. The third-order valence-corrected chi connectivity index (χ3v) is 7.39. The smallest absolute Gasteiger partial charge is 0.416 e. The molecule has 2 amide bonds. The summed E-state index contributed by atoms with van der Waals surface area (Å²) in [4.78, 5) is 33.2. The topological polar surface area (TPSA) is 216 Å². The van der Waals surface area contributed by atoms with Crippen molar-refractivity contribution in [1.82, 2.24) is 10.6 Å². The first-order chi connectivity index (χ1) is 27.5. The van der Waals surface area contributed by atoms with Gasteiger partial charge in [-0.1, -0.05) is 55.4 Å². The highest BCUT2D eigenvalue weighted by atomic mass is 35.5. The lowest BCUT2D eigenvalue weighted by Gasteiger charge is -2.30. The predicted octanol–water partition coefficient (Wildman–Crippen LogP) is 8.20. The van der Waals surface area contributed by atoms with Crippen molar-refractivity contribution < 1.29 is 83.4 Å². The van der Waals surface area contributed by atoms with Crippen molar-refractivity contribution in [2.75, 3.05) is 18.6 Å². The number of hydrogen-bond donors (Lipinski definition) is 7. The zero-order valence-electron chi connectivity index (χ0n) is 38.1. The van der Waals surface area contributed by atoms with Crippen LogP contribution in [0.4, 0.5) is 49.1 Å². The third-order valence-electron chi connectivity index (χ3n) is 7.39. The van der Waals surface area contributed by atoms with Crippen LogP contribution >= 0.6 is 23.2 Å². The van der Waals surface area contributed by atoms with Crippen LogP contribution in [0.1, 0.15) is 110 Å². The molecular weight excluding hydrogens is 898 g/mol. The molecule has 0 aromatic rings. The summed E-state index contributed by atoms with van der Waals surface area (Å²) in [7, 11) is 0. The minimum Gasteiger partial charge on any atom is -0.444 e. The van der Waals surface area contributed by atoms with Crippen LogP contribution in [0, 0.1) is 23.7 Å². The van der Waals surface area contributed by atoms with Crippen molar-refractivity contribution >= 4 is 41.7 Å². The maximum atomic E-state index is 12.4. The number of carbonyl (C=O) groups is 3. The monoisotopic (exact) mass is 970 g/mol. The van der Waals surface area contributed by atoms with E-state index in [0.29, 0.717) is 6.29 Å². The molecule has 9 N–H and O–H groups in total. The van der Waals surface area contributed by atoms with Crippen molar-refractivity contribution in [3.8, 4) is 0 Å². The van der Waals surface area contributed by atoms with E-state index < -0.39 is 90.3 Å². The predicted molar refractivity (Wildman–Crippen MR) is 220 cm³/mol. The van der Waals surface area contributed by atoms with Gasteiger partial charge in [-0.2, -0.15) is 39.5 Å². The number of nitrogens with two attached hydrogens (primary N) is 2. The number of alkyl halides is 11. The van der Waals surface area contributed by atoms with Crippen LogP contribution in [-0.4, -0.2) is 125 Å². The van der Waals surface area contributed by atoms with Crippen LogP contribution in [0.25, 0.3) is 0 Å². The van der Waals surface area contributed by atoms with E-state index in [1.807, 2.05) is 19.2 Å². The number of amides is 2. The Bertz CT molecular complexity index is 1130. The number of hydrogen-bond acceptors (Lipinski definition) is 11. The Labute approximate surface area is 370 Å². The van der Waals surface area contributed by atoms with Crippen LogP contribution in [0.15, 0.2) is 0 Å². The highest BCUT2D eigenvalue weighted by Crippen LogP contribution is 2.27. The molecule has 0 aliphatic carbocycles. The maximum Gasteiger partial charge on any atom is 0.416 e. The molecule has 1 saturated heterocycles. The van der Waals surface area contributed by atoms with E-state index in [1.165, 1.54) is 54.4 Å². The van der Waals surface area contributed by atoms with Crippen LogP contribution in [0.3, 0.4) is 0 Å². The molecule has 0 spiro atoms. The molecule has 1 heterocycles. The number of carbonyl (C=O) groups excluding carboxylic acids is 3. The summed E-state index contributed by atoms with van der Waals surface area (Å²) in [5, 5.41) is 31.1. The molecule has 0 aromatic carbocycles. The van der Waals surface area contributed by atoms with Gasteiger partial charge in [-0.05, 0) is 78.1 Å². The van der Waals surface area contributed by atoms with Gasteiger partial charge >= 0.3 is 30.7 Å². The highest BCUT2D eigenvalue weighted by Gasteiger charge is 2.46. The first kappa shape index (κ1) is 69.0. The van der Waals surface area contributed by atoms with Crippen molar-refractivity contribution in [1.29, 1.82) is 0 Å². The van der Waals surface area contributed by atoms with E-state index >= 15 is 0 Å². The van der Waals surface area contributed by atoms with Crippen molar-refractivity contribution in [2.45, 2.75) is 182 Å². The Morgan fingerprint density at radius 3 is 1.06 bits per heavy atom. The van der Waals surface area contributed by atoms with Crippen molar-refractivity contribution in [2.24, 2.45) is 35.1 Å². The van der Waals surface area contributed by atoms with Crippen molar-refractivity contribution in [3.05, 3.63) is 0 Å². The lowest BCUT2D eigenvalue weighted by molar-refractivity contribution is -0.215. The van der Waals surface area contributed by atoms with Gasteiger partial charge in [0.2, 0.25) is 0 Å². The Morgan fingerprint density at radius 1 is 0.613 bits per heavy atom. The zero-order valence-corrected chi connectivity index (χ0v) is 39.6. The number of aliphatic hydroxyl groups excluding tert-OH is 3. The average molecular weight is 972 g/mol. The summed E-state index contributed by atoms with van der Waals surface area (Å²) in [6.07, 6.45) is -19.7. The molecule has 24 heteroatoms. The Hall–Kier alpha value is -2.08. The first-order valence-electron chi connectivity index (χ1n) is 19.4. The molecule has 62 heavy (non-hydrogen) atoms. The third kappa shape index (κ3) is 39.5. The molecule has 0 bridgehead atoms. The molecule has 0 saturated carbocycles. The number of alkyl carbamates (subject to hydrolysis) is 2. The standard InChI is InChI=1S/C11H20F3NO3.C10H19NO3.2C6H12F3NO.C4H8O.CH2Cl2/c1-6(2)7(8(16)11(12,13)14)15-9(17)18-10(3,4)5;1-7(2)8(6-12)11-9(13)14-10(3,4)5;2*1-3(2)4(10)5(11)6(7,8)9;1-2-4-5-3-1;2-1-3/h6-8,16H,1-5H3,(H,15,17);6-8H,1-5H3,(H,11,13);2*3-5,11H,10H2,1-2H3;1-4H2;1H2/t7-,8?;8-;2*4-,5?;;/m0100../s1. The van der Waals surface area contributed by atoms with Crippen LogP contribution in [0.2, 0.25) is 0 Å². The minimum absolute atomic E-state index is 0.0695. The molecular formula is C38H73Cl2F9N4O9. The number of halogens is 11. The largest absolute Gasteiger partial charge is 0.444 e. The van der Waals surface area contributed by atoms with Gasteiger partial charge in [0, 0.05) is 25.3 Å². The summed E-state index contributed by atoms with van der Waals surface area (Å²) in [5.74, 6) is -1.28. The molecule has 1 rings (SSSR count). The van der Waals surface area contributed by atoms with Gasteiger partial charge in [0.25, 0.3) is 0 Å². The quantitative estimate of drug-likeness (QED) is 0.0629. The molecule has 0 radical (unpaired) electrons. The van der Waals surface area contributed by atoms with Crippen LogP contribution in [-0.2, 0) is 19.0 Å². The number of ether oxygens (including phenoxy) is 3. The van der Waals surface area contributed by atoms with E-state index in [0.717, 1.165) is 13.2 Å². The van der Waals surface area contributed by atoms with Gasteiger partial charge in [0.15, 0.2) is 18.3 Å². The zero-order chi connectivity index (χ0) is 50.8. The lowest BCUT2D eigenvalue weighted by Crippen LogP contribution is -2.53. The van der Waals surface area contributed by atoms with E-state index in [4.69, 9.17) is 64.2 Å².